The molecule has 0 radical (unpaired) electrons. The maximum absolute atomic E-state index is 14.1. The SMILES string of the molecule is CC(C)N(CC(=O)N1c2ccccc2-n2cccc2C1c1ccc(F)cc1)C(=O)Cc1ccccc1. The molecule has 1 aromatic heterocycles. The van der Waals surface area contributed by atoms with E-state index >= 15 is 0 Å². The van der Waals surface area contributed by atoms with Crippen LogP contribution < -0.4 is 4.90 Å². The van der Waals surface area contributed by atoms with Gasteiger partial charge in [0, 0.05) is 12.2 Å². The third-order valence-corrected chi connectivity index (χ3v) is 6.62. The number of halogens is 1. The summed E-state index contributed by atoms with van der Waals surface area (Å²) < 4.78 is 15.8. The number of nitrogens with zero attached hydrogens (tertiary/aromatic N) is 3. The van der Waals surface area contributed by atoms with Crippen molar-refractivity contribution in [1.29, 1.82) is 0 Å². The lowest BCUT2D eigenvalue weighted by atomic mass is 9.97. The molecule has 6 heteroatoms. The van der Waals surface area contributed by atoms with Gasteiger partial charge in [-0.3, -0.25) is 14.5 Å². The number of amides is 2. The molecule has 3 aromatic carbocycles. The highest BCUT2D eigenvalue weighted by molar-refractivity contribution is 6.00. The Balaban J connectivity index is 1.52. The molecule has 4 aromatic rings. The molecule has 0 bridgehead atoms. The summed E-state index contributed by atoms with van der Waals surface area (Å²) in [6, 6.07) is 26.8. The second-order valence-corrected chi connectivity index (χ2v) is 9.29. The Bertz CT molecular complexity index is 1380. The van der Waals surface area contributed by atoms with Gasteiger partial charge in [-0.05, 0) is 61.4 Å². The summed E-state index contributed by atoms with van der Waals surface area (Å²) in [4.78, 5) is 30.7. The van der Waals surface area contributed by atoms with Gasteiger partial charge < -0.3 is 9.47 Å². The Morgan fingerprint density at radius 3 is 2.22 bits per heavy atom. The molecule has 5 rings (SSSR count). The van der Waals surface area contributed by atoms with E-state index in [1.54, 1.807) is 21.9 Å². The number of hydrogen-bond acceptors (Lipinski definition) is 2. The van der Waals surface area contributed by atoms with Crippen molar-refractivity contribution in [1.82, 2.24) is 9.47 Å². The van der Waals surface area contributed by atoms with E-state index in [0.717, 1.165) is 28.2 Å². The number of anilines is 1. The third kappa shape index (κ3) is 4.42. The first-order valence-corrected chi connectivity index (χ1v) is 12.1. The van der Waals surface area contributed by atoms with Crippen molar-refractivity contribution in [3.8, 4) is 5.69 Å². The molecule has 182 valence electrons. The quantitative estimate of drug-likeness (QED) is 0.363. The highest BCUT2D eigenvalue weighted by atomic mass is 19.1. The maximum atomic E-state index is 14.1. The smallest absolute Gasteiger partial charge is 0.247 e. The van der Waals surface area contributed by atoms with Crippen LogP contribution in [-0.2, 0) is 16.0 Å². The molecule has 0 spiro atoms. The zero-order valence-corrected chi connectivity index (χ0v) is 20.3. The molecule has 2 amide bonds. The zero-order chi connectivity index (χ0) is 25.2. The van der Waals surface area contributed by atoms with E-state index in [4.69, 9.17) is 0 Å². The van der Waals surface area contributed by atoms with Crippen molar-refractivity contribution in [3.63, 3.8) is 0 Å². The normalized spacial score (nSPS) is 14.3. The second-order valence-electron chi connectivity index (χ2n) is 9.29. The van der Waals surface area contributed by atoms with Crippen molar-refractivity contribution in [2.75, 3.05) is 11.4 Å². The van der Waals surface area contributed by atoms with Crippen LogP contribution in [0.5, 0.6) is 0 Å². The summed E-state index contributed by atoms with van der Waals surface area (Å²) in [7, 11) is 0. The van der Waals surface area contributed by atoms with E-state index in [0.29, 0.717) is 0 Å². The second kappa shape index (κ2) is 9.82. The Morgan fingerprint density at radius 1 is 0.861 bits per heavy atom. The van der Waals surface area contributed by atoms with Crippen LogP contribution in [0.15, 0.2) is 97.2 Å². The summed E-state index contributed by atoms with van der Waals surface area (Å²) in [5, 5.41) is 0. The third-order valence-electron chi connectivity index (χ3n) is 6.62. The lowest BCUT2D eigenvalue weighted by Crippen LogP contribution is -2.49. The molecule has 0 N–H and O–H groups in total. The number of rotatable bonds is 6. The predicted molar refractivity (Wildman–Crippen MR) is 138 cm³/mol. The number of benzene rings is 3. The lowest BCUT2D eigenvalue weighted by Gasteiger charge is -2.40. The summed E-state index contributed by atoms with van der Waals surface area (Å²) in [5.41, 5.74) is 4.24. The monoisotopic (exact) mass is 481 g/mol. The minimum atomic E-state index is -0.457. The van der Waals surface area contributed by atoms with Crippen molar-refractivity contribution >= 4 is 17.5 Å². The lowest BCUT2D eigenvalue weighted by molar-refractivity contribution is -0.136. The number of carbonyl (C=O) groups is 2. The first-order chi connectivity index (χ1) is 17.4. The molecule has 0 saturated heterocycles. The molecule has 1 aliphatic heterocycles. The van der Waals surface area contributed by atoms with Gasteiger partial charge in [0.2, 0.25) is 11.8 Å². The van der Waals surface area contributed by atoms with E-state index in [-0.39, 0.29) is 36.6 Å². The average Bonchev–Trinajstić information content (AvgIpc) is 3.37. The molecule has 1 aliphatic rings. The van der Waals surface area contributed by atoms with Crippen molar-refractivity contribution in [2.45, 2.75) is 32.4 Å². The number of fused-ring (bicyclic) bond motifs is 3. The van der Waals surface area contributed by atoms with E-state index in [2.05, 4.69) is 4.57 Å². The zero-order valence-electron chi connectivity index (χ0n) is 20.3. The summed E-state index contributed by atoms with van der Waals surface area (Å²) >= 11 is 0. The van der Waals surface area contributed by atoms with Crippen LogP contribution in [0.1, 0.15) is 36.7 Å². The molecule has 1 unspecified atom stereocenters. The average molecular weight is 482 g/mol. The van der Waals surface area contributed by atoms with Gasteiger partial charge in [-0.15, -0.1) is 0 Å². The number of aromatic nitrogens is 1. The number of hydrogen-bond donors (Lipinski definition) is 0. The molecule has 0 aliphatic carbocycles. The van der Waals surface area contributed by atoms with E-state index in [9.17, 15) is 14.0 Å². The minimum Gasteiger partial charge on any atom is -0.331 e. The summed E-state index contributed by atoms with van der Waals surface area (Å²) in [6.45, 7) is 3.78. The Morgan fingerprint density at radius 2 is 1.53 bits per heavy atom. The van der Waals surface area contributed by atoms with Gasteiger partial charge in [-0.1, -0.05) is 54.6 Å². The molecule has 0 fully saturated rings. The molecular weight excluding hydrogens is 453 g/mol. The number of carbonyl (C=O) groups excluding carboxylic acids is 2. The molecule has 2 heterocycles. The standard InChI is InChI=1S/C30H28FN3O2/c1-21(2)33(28(35)19-22-9-4-3-5-10-22)20-29(36)34-26-12-7-6-11-25(26)32-18-8-13-27(32)30(34)23-14-16-24(31)17-15-23/h3-18,21,30H,19-20H2,1-2H3. The Kier molecular flexibility index (Phi) is 6.42. The van der Waals surface area contributed by atoms with E-state index in [1.807, 2.05) is 86.8 Å². The van der Waals surface area contributed by atoms with E-state index < -0.39 is 6.04 Å². The largest absolute Gasteiger partial charge is 0.331 e. The minimum absolute atomic E-state index is 0.0595. The fraction of sp³-hybridized carbons (Fsp3) is 0.200. The van der Waals surface area contributed by atoms with Crippen LogP contribution in [0, 0.1) is 5.82 Å². The molecule has 36 heavy (non-hydrogen) atoms. The van der Waals surface area contributed by atoms with Crippen LogP contribution in [-0.4, -0.2) is 33.9 Å². The maximum Gasteiger partial charge on any atom is 0.247 e. The fourth-order valence-electron chi connectivity index (χ4n) is 4.88. The Hall–Kier alpha value is -4.19. The van der Waals surface area contributed by atoms with Gasteiger partial charge in [0.05, 0.1) is 23.5 Å². The molecule has 0 saturated carbocycles. The van der Waals surface area contributed by atoms with Crippen molar-refractivity contribution < 1.29 is 14.0 Å². The predicted octanol–water partition coefficient (Wildman–Crippen LogP) is 5.53. The molecule has 5 nitrogen and oxygen atoms in total. The summed E-state index contributed by atoms with van der Waals surface area (Å²) in [6.07, 6.45) is 2.20. The van der Waals surface area contributed by atoms with Gasteiger partial charge in [-0.2, -0.15) is 0 Å². The molecular formula is C30H28FN3O2. The van der Waals surface area contributed by atoms with Gasteiger partial charge in [0.15, 0.2) is 0 Å². The summed E-state index contributed by atoms with van der Waals surface area (Å²) in [5.74, 6) is -0.628. The van der Waals surface area contributed by atoms with Crippen LogP contribution in [0.25, 0.3) is 5.69 Å². The Labute approximate surface area is 210 Å². The van der Waals surface area contributed by atoms with Gasteiger partial charge in [-0.25, -0.2) is 4.39 Å². The van der Waals surface area contributed by atoms with E-state index in [1.165, 1.54) is 12.1 Å². The first-order valence-electron chi connectivity index (χ1n) is 12.1. The van der Waals surface area contributed by atoms with Gasteiger partial charge >= 0.3 is 0 Å². The topological polar surface area (TPSA) is 45.6 Å². The van der Waals surface area contributed by atoms with Crippen molar-refractivity contribution in [3.05, 3.63) is 120 Å². The van der Waals surface area contributed by atoms with Crippen LogP contribution >= 0.6 is 0 Å². The fourth-order valence-corrected chi connectivity index (χ4v) is 4.88. The highest BCUT2D eigenvalue weighted by Gasteiger charge is 2.37. The molecule has 1 atom stereocenters. The van der Waals surface area contributed by atoms with Gasteiger partial charge in [0.25, 0.3) is 0 Å². The van der Waals surface area contributed by atoms with Crippen LogP contribution in [0.3, 0.4) is 0 Å². The van der Waals surface area contributed by atoms with Crippen LogP contribution in [0.4, 0.5) is 10.1 Å². The van der Waals surface area contributed by atoms with Crippen molar-refractivity contribution in [2.24, 2.45) is 0 Å². The highest BCUT2D eigenvalue weighted by Crippen LogP contribution is 2.42. The number of para-hydroxylation sites is 2. The van der Waals surface area contributed by atoms with Gasteiger partial charge in [0.1, 0.15) is 18.4 Å². The first kappa shape index (κ1) is 23.5. The van der Waals surface area contributed by atoms with Crippen LogP contribution in [0.2, 0.25) is 0 Å².